The molecule has 30 heavy (non-hydrogen) atoms. The molecule has 1 saturated heterocycles. The number of hydrogen-bond acceptors (Lipinski definition) is 5. The minimum absolute atomic E-state index is 0.110. The van der Waals surface area contributed by atoms with Crippen molar-refractivity contribution in [3.63, 3.8) is 0 Å². The molecule has 2 aromatic carbocycles. The predicted octanol–water partition coefficient (Wildman–Crippen LogP) is 2.73. The van der Waals surface area contributed by atoms with E-state index in [0.717, 1.165) is 25.7 Å². The van der Waals surface area contributed by atoms with Gasteiger partial charge in [-0.05, 0) is 55.4 Å². The highest BCUT2D eigenvalue weighted by Crippen LogP contribution is 2.20. The van der Waals surface area contributed by atoms with Gasteiger partial charge < -0.3 is 10.1 Å². The lowest BCUT2D eigenvalue weighted by Crippen LogP contribution is -2.38. The summed E-state index contributed by atoms with van der Waals surface area (Å²) in [5, 5.41) is 2.90. The molecule has 2 N–H and O–H groups in total. The summed E-state index contributed by atoms with van der Waals surface area (Å²) in [6.45, 7) is 4.05. The summed E-state index contributed by atoms with van der Waals surface area (Å²) in [5.74, 6) is -1.36. The Bertz CT molecular complexity index is 980. The second-order valence-corrected chi connectivity index (χ2v) is 9.01. The Morgan fingerprint density at radius 1 is 1.13 bits per heavy atom. The molecule has 0 bridgehead atoms. The zero-order valence-corrected chi connectivity index (χ0v) is 17.8. The van der Waals surface area contributed by atoms with Crippen molar-refractivity contribution >= 4 is 33.2 Å². The number of ether oxygens (including phenoxy) is 1. The first-order valence-corrected chi connectivity index (χ1v) is 11.4. The minimum atomic E-state index is -3.85. The Morgan fingerprint density at radius 2 is 1.83 bits per heavy atom. The fraction of sp³-hybridized carbons (Fsp3) is 0.350. The van der Waals surface area contributed by atoms with Crippen molar-refractivity contribution in [2.24, 2.45) is 0 Å². The van der Waals surface area contributed by atoms with E-state index >= 15 is 0 Å². The molecule has 0 saturated carbocycles. The van der Waals surface area contributed by atoms with E-state index in [1.807, 2.05) is 0 Å². The summed E-state index contributed by atoms with van der Waals surface area (Å²) in [4.78, 5) is 14.2. The van der Waals surface area contributed by atoms with Crippen molar-refractivity contribution in [1.29, 1.82) is 0 Å². The van der Waals surface area contributed by atoms with Gasteiger partial charge in [-0.1, -0.05) is 11.6 Å². The Hall–Kier alpha value is -2.04. The number of carbonyl (C=O) groups is 1. The number of sulfonamides is 1. The Morgan fingerprint density at radius 3 is 2.50 bits per heavy atom. The van der Waals surface area contributed by atoms with Crippen LogP contribution in [0.4, 0.5) is 10.1 Å². The van der Waals surface area contributed by atoms with Crippen LogP contribution in [0.2, 0.25) is 5.02 Å². The van der Waals surface area contributed by atoms with E-state index in [-0.39, 0.29) is 17.1 Å². The van der Waals surface area contributed by atoms with Crippen LogP contribution in [0.15, 0.2) is 47.4 Å². The van der Waals surface area contributed by atoms with E-state index in [0.29, 0.717) is 30.2 Å². The van der Waals surface area contributed by atoms with E-state index < -0.39 is 21.7 Å². The largest absolute Gasteiger partial charge is 0.379 e. The third kappa shape index (κ3) is 6.23. The smallest absolute Gasteiger partial charge is 0.255 e. The molecular weight excluding hydrogens is 433 g/mol. The first-order chi connectivity index (χ1) is 14.3. The molecule has 0 spiro atoms. The molecule has 1 aliphatic heterocycles. The molecule has 7 nitrogen and oxygen atoms in total. The zero-order chi connectivity index (χ0) is 21.6. The molecule has 0 aromatic heterocycles. The van der Waals surface area contributed by atoms with Gasteiger partial charge in [0.1, 0.15) is 5.82 Å². The van der Waals surface area contributed by atoms with Crippen molar-refractivity contribution in [3.05, 3.63) is 58.9 Å². The molecule has 2 aromatic rings. The fourth-order valence-corrected chi connectivity index (χ4v) is 4.19. The number of rotatable bonds is 8. The van der Waals surface area contributed by atoms with Crippen LogP contribution < -0.4 is 10.0 Å². The molecule has 1 fully saturated rings. The topological polar surface area (TPSA) is 87.7 Å². The first-order valence-electron chi connectivity index (χ1n) is 9.51. The van der Waals surface area contributed by atoms with Gasteiger partial charge in [-0.25, -0.2) is 17.5 Å². The minimum Gasteiger partial charge on any atom is -0.379 e. The second-order valence-electron chi connectivity index (χ2n) is 6.81. The molecule has 0 aliphatic carbocycles. The maximum absolute atomic E-state index is 14.4. The first kappa shape index (κ1) is 22.6. The third-order valence-corrected chi connectivity index (χ3v) is 6.36. The highest BCUT2D eigenvalue weighted by Gasteiger charge is 2.18. The lowest BCUT2D eigenvalue weighted by atomic mass is 10.2. The van der Waals surface area contributed by atoms with Crippen LogP contribution in [0.3, 0.4) is 0 Å². The number of nitrogens with one attached hydrogen (secondary N) is 2. The van der Waals surface area contributed by atoms with Crippen LogP contribution in [0, 0.1) is 5.82 Å². The van der Waals surface area contributed by atoms with Gasteiger partial charge in [-0.3, -0.25) is 9.69 Å². The molecule has 1 heterocycles. The van der Waals surface area contributed by atoms with E-state index in [9.17, 15) is 17.6 Å². The molecule has 0 unspecified atom stereocenters. The summed E-state index contributed by atoms with van der Waals surface area (Å²) in [5.41, 5.74) is 0.193. The number of anilines is 1. The van der Waals surface area contributed by atoms with Gasteiger partial charge in [0.05, 0.1) is 23.8 Å². The summed E-state index contributed by atoms with van der Waals surface area (Å²) in [7, 11) is -3.85. The van der Waals surface area contributed by atoms with E-state index in [4.69, 9.17) is 16.3 Å². The lowest BCUT2D eigenvalue weighted by molar-refractivity contribution is 0.0376. The van der Waals surface area contributed by atoms with Crippen LogP contribution in [0.1, 0.15) is 16.8 Å². The van der Waals surface area contributed by atoms with Crippen LogP contribution in [-0.4, -0.2) is 58.6 Å². The fourth-order valence-electron chi connectivity index (χ4n) is 2.98. The number of morpholine rings is 1. The van der Waals surface area contributed by atoms with Gasteiger partial charge in [-0.15, -0.1) is 0 Å². The number of hydrogen-bond donors (Lipinski definition) is 2. The number of carbonyl (C=O) groups excluding carboxylic acids is 1. The standard InChI is InChI=1S/C20H23ClFN3O4S/c21-16-4-2-15(3-5-16)20(26)24-19-7-6-17(14-18(19)22)30(27,28)23-8-1-9-25-10-12-29-13-11-25/h2-7,14,23H,1,8-13H2,(H,24,26). The van der Waals surface area contributed by atoms with Crippen molar-refractivity contribution < 1.29 is 22.3 Å². The Kier molecular flexibility index (Phi) is 7.79. The van der Waals surface area contributed by atoms with Crippen molar-refractivity contribution in [2.45, 2.75) is 11.3 Å². The number of amides is 1. The molecule has 0 radical (unpaired) electrons. The average Bonchev–Trinajstić information content (AvgIpc) is 2.74. The molecular formula is C20H23ClFN3O4S. The normalized spacial score (nSPS) is 15.1. The zero-order valence-electron chi connectivity index (χ0n) is 16.2. The molecule has 1 aliphatic rings. The highest BCUT2D eigenvalue weighted by atomic mass is 35.5. The Labute approximate surface area is 180 Å². The highest BCUT2D eigenvalue weighted by molar-refractivity contribution is 7.89. The van der Waals surface area contributed by atoms with Crippen molar-refractivity contribution in [2.75, 3.05) is 44.7 Å². The maximum atomic E-state index is 14.4. The van der Waals surface area contributed by atoms with Gasteiger partial charge in [0.15, 0.2) is 0 Å². The van der Waals surface area contributed by atoms with Gasteiger partial charge in [0.2, 0.25) is 10.0 Å². The van der Waals surface area contributed by atoms with Crippen LogP contribution in [0.25, 0.3) is 0 Å². The van der Waals surface area contributed by atoms with Crippen molar-refractivity contribution in [1.82, 2.24) is 9.62 Å². The Balaban J connectivity index is 1.56. The van der Waals surface area contributed by atoms with Crippen molar-refractivity contribution in [3.8, 4) is 0 Å². The maximum Gasteiger partial charge on any atom is 0.255 e. The van der Waals surface area contributed by atoms with Gasteiger partial charge in [-0.2, -0.15) is 0 Å². The number of halogens is 2. The third-order valence-electron chi connectivity index (χ3n) is 4.65. The second kappa shape index (κ2) is 10.3. The van der Waals surface area contributed by atoms with Crippen LogP contribution in [0.5, 0.6) is 0 Å². The number of nitrogens with zero attached hydrogens (tertiary/aromatic N) is 1. The molecule has 3 rings (SSSR count). The van der Waals surface area contributed by atoms with Gasteiger partial charge in [0, 0.05) is 30.2 Å². The predicted molar refractivity (Wildman–Crippen MR) is 113 cm³/mol. The quantitative estimate of drug-likeness (QED) is 0.597. The van der Waals surface area contributed by atoms with Crippen LogP contribution >= 0.6 is 11.6 Å². The molecule has 0 atom stereocenters. The SMILES string of the molecule is O=C(Nc1ccc(S(=O)(=O)NCCCN2CCOCC2)cc1F)c1ccc(Cl)cc1. The van der Waals surface area contributed by atoms with Crippen LogP contribution in [-0.2, 0) is 14.8 Å². The summed E-state index contributed by atoms with van der Waals surface area (Å²) < 4.78 is 47.0. The van der Waals surface area contributed by atoms with Gasteiger partial charge in [0.25, 0.3) is 5.91 Å². The monoisotopic (exact) mass is 455 g/mol. The van der Waals surface area contributed by atoms with Gasteiger partial charge >= 0.3 is 0 Å². The summed E-state index contributed by atoms with van der Waals surface area (Å²) in [6.07, 6.45) is 0.636. The van der Waals surface area contributed by atoms with E-state index in [2.05, 4.69) is 14.9 Å². The average molecular weight is 456 g/mol. The lowest BCUT2D eigenvalue weighted by Gasteiger charge is -2.26. The molecule has 10 heteroatoms. The van der Waals surface area contributed by atoms with E-state index in [1.54, 1.807) is 12.1 Å². The number of benzene rings is 2. The molecule has 162 valence electrons. The van der Waals surface area contributed by atoms with E-state index in [1.165, 1.54) is 24.3 Å². The summed E-state index contributed by atoms with van der Waals surface area (Å²) >= 11 is 5.78. The summed E-state index contributed by atoms with van der Waals surface area (Å²) in [6, 6.07) is 9.49. The molecule has 1 amide bonds.